The van der Waals surface area contributed by atoms with Crippen LogP contribution in [0.5, 0.6) is 0 Å². The van der Waals surface area contributed by atoms with Crippen LogP contribution in [-0.4, -0.2) is 145 Å². The molecule has 3 fully saturated rings. The van der Waals surface area contributed by atoms with Gasteiger partial charge in [0.1, 0.15) is 42.1 Å². The summed E-state index contributed by atoms with van der Waals surface area (Å²) in [6.07, 6.45) is 9.56. The lowest BCUT2D eigenvalue weighted by Crippen LogP contribution is -2.61. The number of rotatable bonds is 12. The number of carbonyl (C=O) groups is 6. The second-order valence-corrected chi connectivity index (χ2v) is 24.2. The lowest BCUT2D eigenvalue weighted by atomic mass is 9.78. The molecule has 1 aromatic carbocycles. The Morgan fingerprint density at radius 2 is 1.68 bits per heavy atom. The number of nitrogens with one attached hydrogen (secondary N) is 1. The Bertz CT molecular complexity index is 2380. The van der Waals surface area contributed by atoms with Gasteiger partial charge in [0.2, 0.25) is 5.79 Å². The van der Waals surface area contributed by atoms with E-state index in [2.05, 4.69) is 5.32 Å². The van der Waals surface area contributed by atoms with Gasteiger partial charge in [0.05, 0.1) is 18.3 Å². The van der Waals surface area contributed by atoms with Crippen LogP contribution in [0.1, 0.15) is 131 Å². The Hall–Kier alpha value is -4.27. The summed E-state index contributed by atoms with van der Waals surface area (Å²) in [5.41, 5.74) is 1.62. The van der Waals surface area contributed by atoms with Crippen LogP contribution in [0, 0.1) is 41.3 Å². The molecule has 3 heterocycles. The third kappa shape index (κ3) is 18.4. The number of aliphatic hydroxyl groups is 2. The fraction of sp³-hybridized carbons (Fsp3) is 0.672. The largest absolute Gasteiger partial charge is 0.460 e. The number of thioether (sulfide) groups is 1. The van der Waals surface area contributed by atoms with Crippen molar-refractivity contribution in [2.75, 3.05) is 40.2 Å². The third-order valence-electron chi connectivity index (χ3n) is 16.5. The molecule has 0 aromatic heterocycles. The summed E-state index contributed by atoms with van der Waals surface area (Å²) in [6.45, 7) is 12.9. The number of esters is 1. The van der Waals surface area contributed by atoms with Crippen molar-refractivity contribution in [2.24, 2.45) is 35.5 Å². The van der Waals surface area contributed by atoms with Gasteiger partial charge >= 0.3 is 12.1 Å². The minimum atomic E-state index is -2.47. The summed E-state index contributed by atoms with van der Waals surface area (Å²) >= 11 is 7.58. The third-order valence-corrected chi connectivity index (χ3v) is 17.9. The van der Waals surface area contributed by atoms with Crippen LogP contribution < -0.4 is 5.32 Å². The number of ketones is 3. The molecule has 1 saturated carbocycles. The number of hydrogen-bond acceptors (Lipinski definition) is 15. The summed E-state index contributed by atoms with van der Waals surface area (Å²) in [5.74, 6) is -8.09. The highest BCUT2D eigenvalue weighted by Crippen LogP contribution is 2.38. The number of methoxy groups -OCH3 is 3. The standard InChI is InChI=1S/C61H88ClFN2O14S/c1-36-17-12-11-13-18-37(2)51(74-8)33-44-24-22-42(7)61(73,79-44)57(69)58(70)65-27-15-14-21-48(65)59(71)77-52(34-49(66)38(3)30-41(6)55(68)56(76-10)54(67)40(5)29-36)39(4)31-43-23-25-50(53(32-43)75-9)78-60(72)64-26-28-80-35-45-46(62)19-16-20-47(45)63/h11-13,16-20,30,36,38-40,42-44,48,50-53,55-56,68,73H,14-15,21-29,31-35H2,1-10H3,(H,64,72)/b13-11+,17-12+,37-18+,41-30+/t36?,38?,39?,40-,42-,43?,44?,48+,50-,51?,52?,53?,55-,56?,61-/m1/s1. The van der Waals surface area contributed by atoms with E-state index in [1.807, 2.05) is 51.2 Å². The molecule has 2 amide bonds. The number of carbonyl (C=O) groups excluding carboxylic acids is 6. The highest BCUT2D eigenvalue weighted by atomic mass is 35.5. The maximum absolute atomic E-state index is 14.6. The number of fused-ring (bicyclic) bond motifs is 3. The molecule has 0 radical (unpaired) electrons. The molecule has 3 N–H and O–H groups in total. The van der Waals surface area contributed by atoms with E-state index in [-0.39, 0.29) is 55.2 Å². The Labute approximate surface area is 482 Å². The number of hydrogen-bond donors (Lipinski definition) is 3. The van der Waals surface area contributed by atoms with Crippen molar-refractivity contribution in [3.8, 4) is 0 Å². The van der Waals surface area contributed by atoms with Gasteiger partial charge in [0, 0.05) is 87.1 Å². The van der Waals surface area contributed by atoms with Gasteiger partial charge in [-0.2, -0.15) is 11.8 Å². The van der Waals surface area contributed by atoms with Gasteiger partial charge in [-0.05, 0) is 119 Å². The first-order valence-corrected chi connectivity index (χ1v) is 30.0. The fourth-order valence-corrected chi connectivity index (χ4v) is 12.7. The van der Waals surface area contributed by atoms with Crippen molar-refractivity contribution in [1.82, 2.24) is 10.2 Å². The van der Waals surface area contributed by atoms with Gasteiger partial charge in [0.15, 0.2) is 5.78 Å². The molecule has 1 aliphatic carbocycles. The maximum atomic E-state index is 14.6. The molecule has 19 heteroatoms. The van der Waals surface area contributed by atoms with Crippen molar-refractivity contribution in [3.63, 3.8) is 0 Å². The fourth-order valence-electron chi connectivity index (χ4n) is 11.5. The Kier molecular flexibility index (Phi) is 26.6. The average Bonchev–Trinajstić information content (AvgIpc) is 3.45. The van der Waals surface area contributed by atoms with E-state index in [1.165, 1.54) is 29.8 Å². The summed E-state index contributed by atoms with van der Waals surface area (Å²) in [6, 6.07) is 3.34. The molecule has 80 heavy (non-hydrogen) atoms. The second-order valence-electron chi connectivity index (χ2n) is 22.6. The molecule has 1 aromatic rings. The molecule has 446 valence electrons. The first-order valence-electron chi connectivity index (χ1n) is 28.5. The number of halogens is 2. The zero-order valence-corrected chi connectivity index (χ0v) is 50.1. The topological polar surface area (TPSA) is 214 Å². The van der Waals surface area contributed by atoms with E-state index in [0.717, 1.165) is 5.57 Å². The van der Waals surface area contributed by atoms with Crippen molar-refractivity contribution in [2.45, 2.75) is 186 Å². The quantitative estimate of drug-likeness (QED) is 0.0769. The van der Waals surface area contributed by atoms with Gasteiger partial charge in [-0.15, -0.1) is 0 Å². The summed E-state index contributed by atoms with van der Waals surface area (Å²) in [5, 5.41) is 26.7. The second kappa shape index (κ2) is 32.0. The Balaban J connectivity index is 1.37. The molecule has 15 atom stereocenters. The predicted octanol–water partition coefficient (Wildman–Crippen LogP) is 9.64. The number of amides is 2. The zero-order chi connectivity index (χ0) is 58.8. The Morgan fingerprint density at radius 1 is 0.925 bits per heavy atom. The van der Waals surface area contributed by atoms with Gasteiger partial charge in [-0.1, -0.05) is 88.7 Å². The number of piperidine rings is 1. The number of aliphatic hydroxyl groups excluding tert-OH is 1. The van der Waals surface area contributed by atoms with Crippen molar-refractivity contribution >= 4 is 58.7 Å². The van der Waals surface area contributed by atoms with Gasteiger partial charge < -0.3 is 48.9 Å². The van der Waals surface area contributed by atoms with Crippen LogP contribution in [0.25, 0.3) is 0 Å². The van der Waals surface area contributed by atoms with E-state index in [1.54, 1.807) is 60.1 Å². The monoisotopic (exact) mass is 1160 g/mol. The lowest BCUT2D eigenvalue weighted by molar-refractivity contribution is -0.265. The van der Waals surface area contributed by atoms with Crippen LogP contribution >= 0.6 is 23.4 Å². The Morgan fingerprint density at radius 3 is 2.38 bits per heavy atom. The van der Waals surface area contributed by atoms with Gasteiger partial charge in [0.25, 0.3) is 11.7 Å². The molecule has 2 bridgehead atoms. The number of allylic oxidation sites excluding steroid dienone is 6. The lowest BCUT2D eigenvalue weighted by Gasteiger charge is -2.42. The molecule has 2 saturated heterocycles. The van der Waals surface area contributed by atoms with Crippen LogP contribution in [0.2, 0.25) is 5.02 Å². The SMILES string of the molecule is COC1CC2CC[C@@H](C)[C@@](O)(O2)C(=O)C(=O)N2CCCC[C@H]2C(=O)OC(C(C)CC2CC[C@@H](OC(=O)NCCSCc3c(F)cccc3Cl)C(OC)C2)CC(=O)C(C)/C=C(\C)[C@@H](O)C(OC)C(=O)[C@H](C)CC(C)/C=C/C=C/C=C/1C. The number of alkyl carbamates (subject to hydrolysis) is 1. The van der Waals surface area contributed by atoms with Gasteiger partial charge in [-0.25, -0.2) is 14.0 Å². The number of cyclic esters (lactones) is 1. The molecule has 0 spiro atoms. The van der Waals surface area contributed by atoms with Crippen LogP contribution in [0.3, 0.4) is 0 Å². The molecule has 9 unspecified atom stereocenters. The number of nitrogens with zero attached hydrogens (tertiary/aromatic N) is 1. The first-order chi connectivity index (χ1) is 38.0. The van der Waals surface area contributed by atoms with E-state index >= 15 is 0 Å². The summed E-state index contributed by atoms with van der Waals surface area (Å²) in [7, 11) is 4.48. The maximum Gasteiger partial charge on any atom is 0.407 e. The van der Waals surface area contributed by atoms with Crippen LogP contribution in [0.15, 0.2) is 65.8 Å². The van der Waals surface area contributed by atoms with Crippen molar-refractivity contribution < 1.29 is 71.8 Å². The van der Waals surface area contributed by atoms with Crippen LogP contribution in [0.4, 0.5) is 9.18 Å². The normalized spacial score (nSPS) is 34.9. The predicted molar refractivity (Wildman–Crippen MR) is 305 cm³/mol. The summed E-state index contributed by atoms with van der Waals surface area (Å²) < 4.78 is 49.9. The van der Waals surface area contributed by atoms with Gasteiger partial charge in [-0.3, -0.25) is 19.2 Å². The first kappa shape index (κ1) is 66.5. The minimum absolute atomic E-state index is 0.00783. The molecular weight excluding hydrogens is 1070 g/mol. The van der Waals surface area contributed by atoms with Crippen LogP contribution in [-0.2, 0) is 58.1 Å². The smallest absolute Gasteiger partial charge is 0.407 e. The van der Waals surface area contributed by atoms with E-state index in [4.69, 9.17) is 40.0 Å². The van der Waals surface area contributed by atoms with E-state index in [0.29, 0.717) is 91.9 Å². The highest BCUT2D eigenvalue weighted by molar-refractivity contribution is 7.98. The number of benzene rings is 1. The minimum Gasteiger partial charge on any atom is -0.460 e. The van der Waals surface area contributed by atoms with Crippen molar-refractivity contribution in [3.05, 3.63) is 82.2 Å². The molecule has 16 nitrogen and oxygen atoms in total. The van der Waals surface area contributed by atoms with E-state index < -0.39 is 102 Å². The van der Waals surface area contributed by atoms with Crippen molar-refractivity contribution in [1.29, 1.82) is 0 Å². The van der Waals surface area contributed by atoms with E-state index in [9.17, 15) is 43.4 Å². The molecule has 5 rings (SSSR count). The molecule has 3 aliphatic heterocycles. The molecule has 4 aliphatic rings. The zero-order valence-electron chi connectivity index (χ0n) is 48.5. The summed E-state index contributed by atoms with van der Waals surface area (Å²) in [4.78, 5) is 85.7. The number of ether oxygens (including phenoxy) is 6. The highest BCUT2D eigenvalue weighted by Gasteiger charge is 2.53. The average molecular weight is 1160 g/mol. The number of Topliss-reactive ketones (excluding diaryl/α,β-unsaturated/α-hetero) is 3. The molecular formula is C61H88ClFN2O14S.